The topological polar surface area (TPSA) is 115 Å². The number of carbonyl (C=O) groups is 2. The minimum absolute atomic E-state index is 0.140. The van der Waals surface area contributed by atoms with Crippen molar-refractivity contribution < 1.29 is 30.0 Å². The van der Waals surface area contributed by atoms with Crippen LogP contribution >= 0.6 is 0 Å². The first-order chi connectivity index (χ1) is 21.7. The lowest BCUT2D eigenvalue weighted by atomic mass is 9.81. The molecule has 6 nitrogen and oxygen atoms in total. The number of carboxylic acid groups (broad SMARTS) is 2. The first-order valence-corrected chi connectivity index (χ1v) is 19.5. The molecule has 0 radical (unpaired) electrons. The molecule has 45 heavy (non-hydrogen) atoms. The summed E-state index contributed by atoms with van der Waals surface area (Å²) >= 11 is 0. The Morgan fingerprint density at radius 2 is 0.756 bits per heavy atom. The third-order valence-electron chi connectivity index (χ3n) is 9.93. The van der Waals surface area contributed by atoms with E-state index in [2.05, 4.69) is 13.8 Å². The van der Waals surface area contributed by atoms with Crippen LogP contribution in [0.5, 0.6) is 0 Å². The van der Waals surface area contributed by atoms with E-state index < -0.39 is 23.8 Å². The van der Waals surface area contributed by atoms with E-state index in [1.54, 1.807) is 0 Å². The Bertz CT molecular complexity index is 668. The van der Waals surface area contributed by atoms with Crippen LogP contribution in [-0.2, 0) is 9.59 Å². The molecule has 5 unspecified atom stereocenters. The number of hydrogen-bond donors (Lipinski definition) is 4. The summed E-state index contributed by atoms with van der Waals surface area (Å²) < 4.78 is 0. The van der Waals surface area contributed by atoms with Crippen molar-refractivity contribution >= 4 is 11.9 Å². The molecule has 0 aromatic carbocycles. The highest BCUT2D eigenvalue weighted by molar-refractivity contribution is 5.71. The Balaban J connectivity index is 4.01. The number of unbranched alkanes of at least 4 members (excludes halogenated alkanes) is 18. The van der Waals surface area contributed by atoms with E-state index in [0.29, 0.717) is 19.3 Å². The van der Waals surface area contributed by atoms with Gasteiger partial charge < -0.3 is 20.4 Å². The standard InChI is InChI=1S/C39H76O6/c1-4-6-8-21-27-35(40)29-23-17-13-10-12-16-20-26-34(38(42)43)32-33(3)37(39(44)45)31-25-19-15-11-14-18-24-30-36(41)28-22-9-7-5-2/h33-37,40-41H,4-32H2,1-3H3,(H,42,43)(H,44,45). The van der Waals surface area contributed by atoms with Crippen molar-refractivity contribution in [2.75, 3.05) is 0 Å². The van der Waals surface area contributed by atoms with E-state index in [4.69, 9.17) is 0 Å². The molecule has 0 amide bonds. The summed E-state index contributed by atoms with van der Waals surface area (Å²) in [7, 11) is 0. The third-order valence-corrected chi connectivity index (χ3v) is 9.93. The zero-order valence-corrected chi connectivity index (χ0v) is 30.0. The van der Waals surface area contributed by atoms with Gasteiger partial charge in [0.05, 0.1) is 24.0 Å². The number of rotatable bonds is 35. The molecule has 0 saturated heterocycles. The maximum absolute atomic E-state index is 12.0. The molecule has 0 aliphatic carbocycles. The van der Waals surface area contributed by atoms with Gasteiger partial charge in [-0.15, -0.1) is 0 Å². The van der Waals surface area contributed by atoms with E-state index in [9.17, 15) is 30.0 Å². The van der Waals surface area contributed by atoms with Gasteiger partial charge >= 0.3 is 11.9 Å². The van der Waals surface area contributed by atoms with Gasteiger partial charge in [0.1, 0.15) is 0 Å². The highest BCUT2D eigenvalue weighted by atomic mass is 16.4. The second-order valence-corrected chi connectivity index (χ2v) is 14.3. The molecule has 0 saturated carbocycles. The van der Waals surface area contributed by atoms with Gasteiger partial charge in [-0.1, -0.05) is 162 Å². The van der Waals surface area contributed by atoms with Crippen LogP contribution in [-0.4, -0.2) is 44.6 Å². The Kier molecular flexibility index (Phi) is 30.7. The Hall–Kier alpha value is -1.14. The molecule has 5 atom stereocenters. The van der Waals surface area contributed by atoms with Crippen LogP contribution in [0.3, 0.4) is 0 Å². The fourth-order valence-electron chi connectivity index (χ4n) is 6.79. The molecule has 0 aromatic heterocycles. The van der Waals surface area contributed by atoms with Crippen molar-refractivity contribution in [2.45, 2.75) is 219 Å². The molecule has 4 N–H and O–H groups in total. The third kappa shape index (κ3) is 27.7. The first-order valence-electron chi connectivity index (χ1n) is 19.5. The van der Waals surface area contributed by atoms with Crippen molar-refractivity contribution in [2.24, 2.45) is 17.8 Å². The smallest absolute Gasteiger partial charge is 0.306 e. The highest BCUT2D eigenvalue weighted by Gasteiger charge is 2.29. The molecule has 6 heteroatoms. The van der Waals surface area contributed by atoms with E-state index in [-0.39, 0.29) is 18.1 Å². The summed E-state index contributed by atoms with van der Waals surface area (Å²) in [5.41, 5.74) is 0. The molecule has 0 rings (SSSR count). The minimum atomic E-state index is -0.789. The fraction of sp³-hybridized carbons (Fsp3) is 0.949. The summed E-state index contributed by atoms with van der Waals surface area (Å²) in [6, 6.07) is 0. The molecular formula is C39H76O6. The zero-order chi connectivity index (χ0) is 33.5. The molecule has 268 valence electrons. The average Bonchev–Trinajstić information content (AvgIpc) is 3.00. The number of aliphatic carboxylic acids is 2. The van der Waals surface area contributed by atoms with Gasteiger partial charge in [0, 0.05) is 0 Å². The molecule has 0 aromatic rings. The monoisotopic (exact) mass is 641 g/mol. The molecule has 0 heterocycles. The van der Waals surface area contributed by atoms with Crippen molar-refractivity contribution in [1.29, 1.82) is 0 Å². The van der Waals surface area contributed by atoms with Crippen molar-refractivity contribution in [3.05, 3.63) is 0 Å². The highest BCUT2D eigenvalue weighted by Crippen LogP contribution is 2.29. The van der Waals surface area contributed by atoms with Gasteiger partial charge in [0.15, 0.2) is 0 Å². The lowest BCUT2D eigenvalue weighted by molar-refractivity contribution is -0.147. The van der Waals surface area contributed by atoms with Crippen LogP contribution in [0.2, 0.25) is 0 Å². The number of aliphatic hydroxyl groups excluding tert-OH is 2. The number of hydrogen-bond acceptors (Lipinski definition) is 4. The minimum Gasteiger partial charge on any atom is -0.481 e. The van der Waals surface area contributed by atoms with Gasteiger partial charge in [0.25, 0.3) is 0 Å². The van der Waals surface area contributed by atoms with Crippen molar-refractivity contribution in [1.82, 2.24) is 0 Å². The molecule has 0 spiro atoms. The van der Waals surface area contributed by atoms with Crippen LogP contribution in [0.25, 0.3) is 0 Å². The van der Waals surface area contributed by atoms with Gasteiger partial charge in [-0.2, -0.15) is 0 Å². The lowest BCUT2D eigenvalue weighted by Crippen LogP contribution is -2.26. The van der Waals surface area contributed by atoms with Crippen LogP contribution < -0.4 is 0 Å². The van der Waals surface area contributed by atoms with Gasteiger partial charge in [-0.25, -0.2) is 0 Å². The number of aliphatic hydroxyl groups is 2. The number of carboxylic acids is 2. The Labute approximate surface area is 278 Å². The Morgan fingerprint density at radius 1 is 0.444 bits per heavy atom. The maximum atomic E-state index is 12.0. The summed E-state index contributed by atoms with van der Waals surface area (Å²) in [4.78, 5) is 24.0. The SMILES string of the molecule is CCCCCCC(O)CCCCCCCCCC(CC(C)C(CCCCCCCCCC(O)CCCCCC)C(=O)O)C(=O)O. The van der Waals surface area contributed by atoms with Crippen LogP contribution in [0, 0.1) is 17.8 Å². The quantitative estimate of drug-likeness (QED) is 0.0512. The summed E-state index contributed by atoms with van der Waals surface area (Å²) in [5.74, 6) is -2.65. The first kappa shape index (κ1) is 43.9. The normalized spacial score (nSPS) is 15.0. The zero-order valence-electron chi connectivity index (χ0n) is 30.0. The predicted molar refractivity (Wildman–Crippen MR) is 189 cm³/mol. The predicted octanol–water partition coefficient (Wildman–Crippen LogP) is 11.1. The van der Waals surface area contributed by atoms with E-state index >= 15 is 0 Å². The second-order valence-electron chi connectivity index (χ2n) is 14.3. The maximum Gasteiger partial charge on any atom is 0.306 e. The average molecular weight is 641 g/mol. The summed E-state index contributed by atoms with van der Waals surface area (Å²) in [6.07, 6.45) is 30.0. The van der Waals surface area contributed by atoms with E-state index in [1.165, 1.54) is 51.4 Å². The summed E-state index contributed by atoms with van der Waals surface area (Å²) in [5, 5.41) is 39.9. The van der Waals surface area contributed by atoms with Gasteiger partial charge in [-0.3, -0.25) is 9.59 Å². The molecule has 0 aliphatic rings. The van der Waals surface area contributed by atoms with Gasteiger partial charge in [0.2, 0.25) is 0 Å². The van der Waals surface area contributed by atoms with Crippen LogP contribution in [0.1, 0.15) is 207 Å². The van der Waals surface area contributed by atoms with Crippen LogP contribution in [0.15, 0.2) is 0 Å². The second kappa shape index (κ2) is 31.5. The van der Waals surface area contributed by atoms with Gasteiger partial charge in [-0.05, 0) is 50.9 Å². The molecule has 0 aliphatic heterocycles. The lowest BCUT2D eigenvalue weighted by Gasteiger charge is -2.23. The van der Waals surface area contributed by atoms with E-state index in [1.807, 2.05) is 6.92 Å². The molecule has 0 bridgehead atoms. The largest absolute Gasteiger partial charge is 0.481 e. The fourth-order valence-corrected chi connectivity index (χ4v) is 6.79. The van der Waals surface area contributed by atoms with Crippen molar-refractivity contribution in [3.63, 3.8) is 0 Å². The van der Waals surface area contributed by atoms with E-state index in [0.717, 1.165) is 116 Å². The van der Waals surface area contributed by atoms with Crippen molar-refractivity contribution in [3.8, 4) is 0 Å². The molecule has 0 fully saturated rings. The summed E-state index contributed by atoms with van der Waals surface area (Å²) in [6.45, 7) is 6.34. The molecular weight excluding hydrogens is 564 g/mol. The van der Waals surface area contributed by atoms with Crippen LogP contribution in [0.4, 0.5) is 0 Å². The Morgan fingerprint density at radius 3 is 1.09 bits per heavy atom.